The van der Waals surface area contributed by atoms with E-state index in [1.54, 1.807) is 12.1 Å². The summed E-state index contributed by atoms with van der Waals surface area (Å²) in [7, 11) is -3.72. The predicted molar refractivity (Wildman–Crippen MR) is 107 cm³/mol. The van der Waals surface area contributed by atoms with Crippen molar-refractivity contribution in [3.05, 3.63) is 63.6 Å². The molecule has 1 saturated heterocycles. The summed E-state index contributed by atoms with van der Waals surface area (Å²) in [6, 6.07) is 6.59. The standard InChI is InChI=1S/C20H22F3N3O4S/c1-14-5-6-16(12-15(14)2)31(29,30)26-10-8-24(9-11-26)18(27)13-25-7-3-4-17(19(25)28)20(21,22)23/h3-7,12H,8-11,13H2,1-2H3. The second-order valence-corrected chi connectivity index (χ2v) is 9.32. The molecule has 1 amide bonds. The normalized spacial score (nSPS) is 15.8. The van der Waals surface area contributed by atoms with Crippen LogP contribution in [0.2, 0.25) is 0 Å². The number of carbonyl (C=O) groups is 1. The van der Waals surface area contributed by atoms with E-state index in [0.29, 0.717) is 10.6 Å². The van der Waals surface area contributed by atoms with Crippen LogP contribution in [0.3, 0.4) is 0 Å². The monoisotopic (exact) mass is 457 g/mol. The van der Waals surface area contributed by atoms with Gasteiger partial charge in [0.05, 0.1) is 4.90 Å². The highest BCUT2D eigenvalue weighted by atomic mass is 32.2. The maximum Gasteiger partial charge on any atom is 0.421 e. The molecule has 3 rings (SSSR count). The van der Waals surface area contributed by atoms with Crippen molar-refractivity contribution in [1.29, 1.82) is 0 Å². The molecule has 0 aliphatic carbocycles. The van der Waals surface area contributed by atoms with E-state index in [1.807, 2.05) is 13.8 Å². The number of piperazine rings is 1. The Hall–Kier alpha value is -2.66. The first-order valence-electron chi connectivity index (χ1n) is 9.53. The molecule has 2 aromatic rings. The Morgan fingerprint density at radius 1 is 1.03 bits per heavy atom. The number of carbonyl (C=O) groups excluding carboxylic acids is 1. The van der Waals surface area contributed by atoms with Crippen LogP contribution in [0.5, 0.6) is 0 Å². The van der Waals surface area contributed by atoms with Gasteiger partial charge in [0.1, 0.15) is 12.1 Å². The molecule has 0 saturated carbocycles. The number of hydrogen-bond donors (Lipinski definition) is 0. The summed E-state index contributed by atoms with van der Waals surface area (Å²) in [6.07, 6.45) is -3.69. The second-order valence-electron chi connectivity index (χ2n) is 7.38. The largest absolute Gasteiger partial charge is 0.421 e. The maximum absolute atomic E-state index is 12.9. The van der Waals surface area contributed by atoms with Crippen molar-refractivity contribution in [1.82, 2.24) is 13.8 Å². The van der Waals surface area contributed by atoms with Gasteiger partial charge in [-0.15, -0.1) is 0 Å². The first-order chi connectivity index (χ1) is 14.4. The van der Waals surface area contributed by atoms with Gasteiger partial charge in [-0.25, -0.2) is 8.42 Å². The minimum absolute atomic E-state index is 0.0541. The van der Waals surface area contributed by atoms with E-state index in [4.69, 9.17) is 0 Å². The number of hydrogen-bond acceptors (Lipinski definition) is 4. The number of amides is 1. The van der Waals surface area contributed by atoms with E-state index in [0.717, 1.165) is 23.4 Å². The van der Waals surface area contributed by atoms with Crippen LogP contribution < -0.4 is 5.56 Å². The number of alkyl halides is 3. The molecular formula is C20H22F3N3O4S. The fraction of sp³-hybridized carbons (Fsp3) is 0.400. The van der Waals surface area contributed by atoms with Crippen molar-refractivity contribution in [2.45, 2.75) is 31.5 Å². The van der Waals surface area contributed by atoms with E-state index < -0.39 is 39.8 Å². The maximum atomic E-state index is 12.9. The van der Waals surface area contributed by atoms with Crippen molar-refractivity contribution in [2.75, 3.05) is 26.2 Å². The van der Waals surface area contributed by atoms with Gasteiger partial charge in [-0.1, -0.05) is 6.07 Å². The van der Waals surface area contributed by atoms with Crippen molar-refractivity contribution in [3.8, 4) is 0 Å². The third kappa shape index (κ3) is 4.82. The topological polar surface area (TPSA) is 79.7 Å². The van der Waals surface area contributed by atoms with E-state index in [2.05, 4.69) is 0 Å². The van der Waals surface area contributed by atoms with Gasteiger partial charge in [0.2, 0.25) is 15.9 Å². The number of pyridine rings is 1. The molecule has 11 heteroatoms. The van der Waals surface area contributed by atoms with E-state index in [1.165, 1.54) is 15.3 Å². The predicted octanol–water partition coefficient (Wildman–Crippen LogP) is 2.02. The molecule has 7 nitrogen and oxygen atoms in total. The van der Waals surface area contributed by atoms with Gasteiger partial charge in [-0.05, 0) is 49.2 Å². The third-order valence-corrected chi connectivity index (χ3v) is 7.23. The highest BCUT2D eigenvalue weighted by Gasteiger charge is 2.35. The number of benzene rings is 1. The van der Waals surface area contributed by atoms with Gasteiger partial charge in [0, 0.05) is 32.4 Å². The van der Waals surface area contributed by atoms with Crippen LogP contribution in [-0.2, 0) is 27.5 Å². The molecule has 1 aliphatic rings. The molecule has 31 heavy (non-hydrogen) atoms. The Kier molecular flexibility index (Phi) is 6.28. The molecule has 0 N–H and O–H groups in total. The smallest absolute Gasteiger partial charge is 0.339 e. The molecule has 0 radical (unpaired) electrons. The number of nitrogens with zero attached hydrogens (tertiary/aromatic N) is 3. The lowest BCUT2D eigenvalue weighted by molar-refractivity contribution is -0.139. The molecule has 2 heterocycles. The average molecular weight is 457 g/mol. The van der Waals surface area contributed by atoms with E-state index in [9.17, 15) is 31.2 Å². The van der Waals surface area contributed by atoms with Crippen LogP contribution in [0.1, 0.15) is 16.7 Å². The van der Waals surface area contributed by atoms with Crippen LogP contribution in [0, 0.1) is 13.8 Å². The van der Waals surface area contributed by atoms with Gasteiger partial charge in [0.15, 0.2) is 0 Å². The lowest BCUT2D eigenvalue weighted by Crippen LogP contribution is -2.51. The Labute approximate surface area is 177 Å². The number of sulfonamides is 1. The Bertz CT molecular complexity index is 1150. The lowest BCUT2D eigenvalue weighted by Gasteiger charge is -2.34. The van der Waals surface area contributed by atoms with Crippen molar-refractivity contribution < 1.29 is 26.4 Å². The second kappa shape index (κ2) is 8.46. The zero-order chi connectivity index (χ0) is 23.0. The summed E-state index contributed by atoms with van der Waals surface area (Å²) in [4.78, 5) is 26.0. The van der Waals surface area contributed by atoms with Gasteiger partial charge < -0.3 is 9.47 Å². The minimum atomic E-state index is -4.81. The van der Waals surface area contributed by atoms with Gasteiger partial charge in [-0.2, -0.15) is 17.5 Å². The van der Waals surface area contributed by atoms with Crippen molar-refractivity contribution >= 4 is 15.9 Å². The number of rotatable bonds is 4. The molecular weight excluding hydrogens is 435 g/mol. The van der Waals surface area contributed by atoms with Crippen LogP contribution in [0.4, 0.5) is 13.2 Å². The van der Waals surface area contributed by atoms with Crippen molar-refractivity contribution in [3.63, 3.8) is 0 Å². The summed E-state index contributed by atoms with van der Waals surface area (Å²) in [5, 5.41) is 0. The molecule has 0 spiro atoms. The van der Waals surface area contributed by atoms with Crippen molar-refractivity contribution in [2.24, 2.45) is 0 Å². The number of halogens is 3. The summed E-state index contributed by atoms with van der Waals surface area (Å²) in [5.74, 6) is -0.551. The van der Waals surface area contributed by atoms with Gasteiger partial charge >= 0.3 is 6.18 Å². The molecule has 1 aliphatic heterocycles. The molecule has 1 aromatic heterocycles. The fourth-order valence-electron chi connectivity index (χ4n) is 3.32. The third-order valence-electron chi connectivity index (χ3n) is 5.34. The first kappa shape index (κ1) is 23.0. The molecule has 1 fully saturated rings. The Morgan fingerprint density at radius 2 is 1.68 bits per heavy atom. The highest BCUT2D eigenvalue weighted by molar-refractivity contribution is 7.89. The highest BCUT2D eigenvalue weighted by Crippen LogP contribution is 2.26. The molecule has 0 unspecified atom stereocenters. The van der Waals surface area contributed by atoms with E-state index >= 15 is 0 Å². The zero-order valence-corrected chi connectivity index (χ0v) is 17.8. The average Bonchev–Trinajstić information content (AvgIpc) is 2.70. The Morgan fingerprint density at radius 3 is 2.26 bits per heavy atom. The van der Waals surface area contributed by atoms with Crippen LogP contribution in [0.25, 0.3) is 0 Å². The van der Waals surface area contributed by atoms with Crippen LogP contribution in [-0.4, -0.2) is 54.3 Å². The summed E-state index contributed by atoms with van der Waals surface area (Å²) < 4.78 is 66.4. The lowest BCUT2D eigenvalue weighted by atomic mass is 10.1. The SMILES string of the molecule is Cc1ccc(S(=O)(=O)N2CCN(C(=O)Cn3cccc(C(F)(F)F)c3=O)CC2)cc1C. The molecule has 168 valence electrons. The zero-order valence-electron chi connectivity index (χ0n) is 17.0. The Balaban J connectivity index is 1.68. The fourth-order valence-corrected chi connectivity index (χ4v) is 4.83. The van der Waals surface area contributed by atoms with Crippen LogP contribution in [0.15, 0.2) is 46.2 Å². The quantitative estimate of drug-likeness (QED) is 0.704. The number of aryl methyl sites for hydroxylation is 2. The first-order valence-corrected chi connectivity index (χ1v) is 11.0. The number of aromatic nitrogens is 1. The summed E-state index contributed by atoms with van der Waals surface area (Å²) >= 11 is 0. The molecule has 0 atom stereocenters. The summed E-state index contributed by atoms with van der Waals surface area (Å²) in [5.41, 5.74) is -0.813. The summed E-state index contributed by atoms with van der Waals surface area (Å²) in [6.45, 7) is 3.42. The van der Waals surface area contributed by atoms with Gasteiger partial charge in [0.25, 0.3) is 5.56 Å². The minimum Gasteiger partial charge on any atom is -0.339 e. The van der Waals surface area contributed by atoms with Crippen LogP contribution >= 0.6 is 0 Å². The molecule has 0 bridgehead atoms. The van der Waals surface area contributed by atoms with Gasteiger partial charge in [-0.3, -0.25) is 9.59 Å². The van der Waals surface area contributed by atoms with E-state index in [-0.39, 0.29) is 31.1 Å². The molecule has 1 aromatic carbocycles.